The monoisotopic (exact) mass is 523 g/mol. The van der Waals surface area contributed by atoms with Crippen molar-refractivity contribution >= 4 is 29.9 Å². The summed E-state index contributed by atoms with van der Waals surface area (Å²) in [5, 5.41) is 6.79. The van der Waals surface area contributed by atoms with Crippen LogP contribution >= 0.6 is 24.0 Å². The number of hydrogen-bond donors (Lipinski definition) is 2. The Morgan fingerprint density at radius 2 is 1.57 bits per heavy atom. The minimum atomic E-state index is 0. The molecule has 30 heavy (non-hydrogen) atoms. The van der Waals surface area contributed by atoms with Gasteiger partial charge in [-0.1, -0.05) is 42.5 Å². The van der Waals surface area contributed by atoms with Gasteiger partial charge in [0.05, 0.1) is 7.11 Å². The van der Waals surface area contributed by atoms with Crippen molar-refractivity contribution < 1.29 is 4.74 Å². The summed E-state index contributed by atoms with van der Waals surface area (Å²) in [7, 11) is 3.49. The molecule has 0 bridgehead atoms. The van der Waals surface area contributed by atoms with Gasteiger partial charge in [0.15, 0.2) is 5.96 Å². The molecule has 3 rings (SSSR count). The van der Waals surface area contributed by atoms with Gasteiger partial charge in [-0.3, -0.25) is 14.8 Å². The molecule has 1 aliphatic heterocycles. The predicted octanol–water partition coefficient (Wildman–Crippen LogP) is 2.80. The van der Waals surface area contributed by atoms with Crippen molar-refractivity contribution in [2.45, 2.75) is 13.1 Å². The molecule has 2 aromatic carbocycles. The summed E-state index contributed by atoms with van der Waals surface area (Å²) in [5.41, 5.74) is 2.60. The third-order valence-corrected chi connectivity index (χ3v) is 5.28. The molecule has 0 spiro atoms. The van der Waals surface area contributed by atoms with Crippen LogP contribution in [-0.4, -0.2) is 69.2 Å². The van der Waals surface area contributed by atoms with Crippen LogP contribution in [0.1, 0.15) is 11.1 Å². The molecule has 2 aromatic rings. The normalized spacial score (nSPS) is 15.3. The van der Waals surface area contributed by atoms with Gasteiger partial charge in [-0.2, -0.15) is 0 Å². The molecule has 0 saturated carbocycles. The molecule has 164 valence electrons. The third kappa shape index (κ3) is 8.12. The Hall–Kier alpha value is -1.84. The van der Waals surface area contributed by atoms with E-state index in [1.165, 1.54) is 11.1 Å². The Morgan fingerprint density at radius 3 is 2.20 bits per heavy atom. The van der Waals surface area contributed by atoms with Crippen LogP contribution in [0.3, 0.4) is 0 Å². The van der Waals surface area contributed by atoms with Crippen molar-refractivity contribution in [3.05, 3.63) is 65.7 Å². The minimum absolute atomic E-state index is 0. The number of hydrogen-bond acceptors (Lipinski definition) is 4. The van der Waals surface area contributed by atoms with Gasteiger partial charge in [-0.15, -0.1) is 24.0 Å². The molecule has 0 aliphatic carbocycles. The first-order valence-electron chi connectivity index (χ1n) is 10.3. The van der Waals surface area contributed by atoms with E-state index in [1.807, 2.05) is 19.2 Å². The van der Waals surface area contributed by atoms with E-state index in [-0.39, 0.29) is 24.0 Å². The topological polar surface area (TPSA) is 52.1 Å². The van der Waals surface area contributed by atoms with Crippen LogP contribution < -0.4 is 15.4 Å². The highest BCUT2D eigenvalue weighted by molar-refractivity contribution is 14.0. The highest BCUT2D eigenvalue weighted by Crippen LogP contribution is 2.11. The van der Waals surface area contributed by atoms with E-state index in [0.717, 1.165) is 64.1 Å². The van der Waals surface area contributed by atoms with Gasteiger partial charge in [0.2, 0.25) is 0 Å². The standard InChI is InChI=1S/C23H33N5O.HI/c1-24-23(26-18-20-8-10-22(29-2)11-9-20)25-12-13-27-14-16-28(17-15-27)19-21-6-4-3-5-7-21;/h3-11H,12-19H2,1-2H3,(H2,24,25,26);1H. The fourth-order valence-corrected chi connectivity index (χ4v) is 3.49. The number of ether oxygens (including phenoxy) is 1. The molecule has 1 heterocycles. The Morgan fingerprint density at radius 1 is 0.900 bits per heavy atom. The zero-order valence-electron chi connectivity index (χ0n) is 18.0. The molecule has 1 saturated heterocycles. The van der Waals surface area contributed by atoms with Crippen molar-refractivity contribution in [1.82, 2.24) is 20.4 Å². The number of benzene rings is 2. The Bertz CT molecular complexity index is 746. The van der Waals surface area contributed by atoms with Gasteiger partial charge >= 0.3 is 0 Å². The van der Waals surface area contributed by atoms with Crippen LogP contribution in [-0.2, 0) is 13.1 Å². The van der Waals surface area contributed by atoms with Crippen LogP contribution in [0, 0.1) is 0 Å². The second-order valence-corrected chi connectivity index (χ2v) is 7.30. The second kappa shape index (κ2) is 13.5. The van der Waals surface area contributed by atoms with Gasteiger partial charge in [0.25, 0.3) is 0 Å². The molecule has 1 fully saturated rings. The number of rotatable bonds is 8. The van der Waals surface area contributed by atoms with E-state index in [4.69, 9.17) is 4.74 Å². The maximum absolute atomic E-state index is 5.20. The molecule has 0 unspecified atom stereocenters. The highest BCUT2D eigenvalue weighted by atomic mass is 127. The van der Waals surface area contributed by atoms with Gasteiger partial charge < -0.3 is 15.4 Å². The Balaban J connectivity index is 0.00000320. The van der Waals surface area contributed by atoms with Crippen LogP contribution in [0.15, 0.2) is 59.6 Å². The second-order valence-electron chi connectivity index (χ2n) is 7.30. The first-order chi connectivity index (χ1) is 14.3. The van der Waals surface area contributed by atoms with Crippen LogP contribution in [0.25, 0.3) is 0 Å². The molecular formula is C23H34IN5O. The summed E-state index contributed by atoms with van der Waals surface area (Å²) < 4.78 is 5.20. The SMILES string of the molecule is CN=C(NCCN1CCN(Cc2ccccc2)CC1)NCc1ccc(OC)cc1.I. The maximum Gasteiger partial charge on any atom is 0.191 e. The number of nitrogens with one attached hydrogen (secondary N) is 2. The lowest BCUT2D eigenvalue weighted by atomic mass is 10.2. The average molecular weight is 523 g/mol. The van der Waals surface area contributed by atoms with Crippen LogP contribution in [0.5, 0.6) is 5.75 Å². The van der Waals surface area contributed by atoms with Gasteiger partial charge in [-0.25, -0.2) is 0 Å². The summed E-state index contributed by atoms with van der Waals surface area (Å²) >= 11 is 0. The molecule has 0 aromatic heterocycles. The fraction of sp³-hybridized carbons (Fsp3) is 0.435. The van der Waals surface area contributed by atoms with Gasteiger partial charge in [0, 0.05) is 59.4 Å². The van der Waals surface area contributed by atoms with Crippen molar-refractivity contribution in [2.24, 2.45) is 4.99 Å². The molecule has 0 radical (unpaired) electrons. The van der Waals surface area contributed by atoms with E-state index in [1.54, 1.807) is 7.11 Å². The summed E-state index contributed by atoms with van der Waals surface area (Å²) in [6.45, 7) is 8.19. The van der Waals surface area contributed by atoms with E-state index in [2.05, 4.69) is 67.9 Å². The first kappa shape index (κ1) is 24.4. The lowest BCUT2D eigenvalue weighted by molar-refractivity contribution is 0.129. The maximum atomic E-state index is 5.20. The molecular weight excluding hydrogens is 489 g/mol. The number of nitrogens with zero attached hydrogens (tertiary/aromatic N) is 3. The van der Waals surface area contributed by atoms with E-state index in [0.29, 0.717) is 0 Å². The predicted molar refractivity (Wildman–Crippen MR) is 135 cm³/mol. The van der Waals surface area contributed by atoms with Crippen molar-refractivity contribution in [2.75, 3.05) is 53.4 Å². The molecule has 6 nitrogen and oxygen atoms in total. The van der Waals surface area contributed by atoms with Crippen LogP contribution in [0.2, 0.25) is 0 Å². The van der Waals surface area contributed by atoms with Crippen molar-refractivity contribution in [1.29, 1.82) is 0 Å². The lowest BCUT2D eigenvalue weighted by Crippen LogP contribution is -2.48. The quantitative estimate of drug-likeness (QED) is 0.317. The highest BCUT2D eigenvalue weighted by Gasteiger charge is 2.16. The number of halogens is 1. The average Bonchev–Trinajstić information content (AvgIpc) is 2.78. The first-order valence-corrected chi connectivity index (χ1v) is 10.3. The van der Waals surface area contributed by atoms with Crippen molar-refractivity contribution in [3.8, 4) is 5.75 Å². The number of methoxy groups -OCH3 is 1. The summed E-state index contributed by atoms with van der Waals surface area (Å²) in [4.78, 5) is 9.38. The minimum Gasteiger partial charge on any atom is -0.497 e. The lowest BCUT2D eigenvalue weighted by Gasteiger charge is -2.34. The van der Waals surface area contributed by atoms with Crippen LogP contribution in [0.4, 0.5) is 0 Å². The summed E-state index contributed by atoms with van der Waals surface area (Å²) in [6, 6.07) is 18.8. The Kier molecular flexibility index (Phi) is 11.0. The van der Waals surface area contributed by atoms with E-state index < -0.39 is 0 Å². The molecule has 0 atom stereocenters. The largest absolute Gasteiger partial charge is 0.497 e. The zero-order chi connectivity index (χ0) is 20.3. The van der Waals surface area contributed by atoms with E-state index in [9.17, 15) is 0 Å². The zero-order valence-corrected chi connectivity index (χ0v) is 20.3. The molecule has 7 heteroatoms. The summed E-state index contributed by atoms with van der Waals surface area (Å²) in [6.07, 6.45) is 0. The molecule has 1 aliphatic rings. The van der Waals surface area contributed by atoms with Gasteiger partial charge in [-0.05, 0) is 23.3 Å². The number of guanidine groups is 1. The molecule has 2 N–H and O–H groups in total. The Labute approximate surface area is 197 Å². The van der Waals surface area contributed by atoms with E-state index >= 15 is 0 Å². The fourth-order valence-electron chi connectivity index (χ4n) is 3.49. The van der Waals surface area contributed by atoms with Crippen molar-refractivity contribution in [3.63, 3.8) is 0 Å². The van der Waals surface area contributed by atoms with Gasteiger partial charge in [0.1, 0.15) is 5.75 Å². The number of aliphatic imine (C=N–C) groups is 1. The molecule has 0 amide bonds. The smallest absolute Gasteiger partial charge is 0.191 e. The third-order valence-electron chi connectivity index (χ3n) is 5.28. The number of piperazine rings is 1. The summed E-state index contributed by atoms with van der Waals surface area (Å²) in [5.74, 6) is 1.71.